The number of carboxylic acids is 1. The van der Waals surface area contributed by atoms with E-state index in [9.17, 15) is 14.7 Å². The number of likely N-dealkylation sites (N-methyl/N-ethyl adjacent to an activating group) is 1. The van der Waals surface area contributed by atoms with Crippen LogP contribution < -0.4 is 0 Å². The second kappa shape index (κ2) is 6.96. The third-order valence-corrected chi connectivity index (χ3v) is 4.79. The highest BCUT2D eigenvalue weighted by molar-refractivity contribution is 5.88. The summed E-state index contributed by atoms with van der Waals surface area (Å²) in [5.74, 6) is -1.30. The first kappa shape index (κ1) is 17.2. The van der Waals surface area contributed by atoms with Crippen LogP contribution in [0, 0.1) is 0 Å². The fourth-order valence-corrected chi connectivity index (χ4v) is 3.05. The summed E-state index contributed by atoms with van der Waals surface area (Å²) in [5, 5.41) is 9.56. The van der Waals surface area contributed by atoms with Gasteiger partial charge in [0.05, 0.1) is 6.10 Å². The highest BCUT2D eigenvalue weighted by atomic mass is 16.5. The smallest absolute Gasteiger partial charge is 0.329 e. The van der Waals surface area contributed by atoms with Gasteiger partial charge in [0, 0.05) is 39.3 Å². The van der Waals surface area contributed by atoms with Crippen molar-refractivity contribution in [2.45, 2.75) is 36.8 Å². The van der Waals surface area contributed by atoms with Crippen molar-refractivity contribution in [1.29, 1.82) is 0 Å². The number of nitrogens with zero attached hydrogens (tertiary/aromatic N) is 1. The Balaban J connectivity index is 2.10. The number of hydrogen-bond acceptors (Lipinski definition) is 3. The highest BCUT2D eigenvalue weighted by Crippen LogP contribution is 2.40. The van der Waals surface area contributed by atoms with Crippen molar-refractivity contribution in [2.24, 2.45) is 0 Å². The molecule has 1 saturated carbocycles. The zero-order valence-corrected chi connectivity index (χ0v) is 13.6. The number of aliphatic carboxylic acids is 1. The second-order valence-electron chi connectivity index (χ2n) is 6.01. The van der Waals surface area contributed by atoms with Crippen molar-refractivity contribution < 1.29 is 19.4 Å². The van der Waals surface area contributed by atoms with E-state index in [1.807, 2.05) is 30.3 Å². The van der Waals surface area contributed by atoms with E-state index < -0.39 is 11.5 Å². The second-order valence-corrected chi connectivity index (χ2v) is 6.01. The standard InChI is InChI=1S/C18H23NO4/c1-4-13(14-8-6-5-7-9-14)10-16(20)19(2)18(17(21)22)11-15(12-18)23-3/h4-9,13,15H,1,10-12H2,2-3H3,(H,21,22). The highest BCUT2D eigenvalue weighted by Gasteiger charge is 2.55. The Morgan fingerprint density at radius 1 is 1.43 bits per heavy atom. The van der Waals surface area contributed by atoms with Crippen molar-refractivity contribution in [3.63, 3.8) is 0 Å². The summed E-state index contributed by atoms with van der Waals surface area (Å²) in [6.45, 7) is 3.80. The minimum absolute atomic E-state index is 0.106. The quantitative estimate of drug-likeness (QED) is 0.784. The molecule has 1 fully saturated rings. The number of methoxy groups -OCH3 is 1. The van der Waals surface area contributed by atoms with Gasteiger partial charge in [-0.25, -0.2) is 4.79 Å². The van der Waals surface area contributed by atoms with Crippen LogP contribution in [0.1, 0.15) is 30.7 Å². The van der Waals surface area contributed by atoms with E-state index >= 15 is 0 Å². The Hall–Kier alpha value is -2.14. The molecule has 1 N–H and O–H groups in total. The SMILES string of the molecule is C=CC(CC(=O)N(C)C1(C(=O)O)CC(OC)C1)c1ccccc1. The zero-order valence-electron chi connectivity index (χ0n) is 13.6. The lowest BCUT2D eigenvalue weighted by molar-refractivity contribution is -0.175. The summed E-state index contributed by atoms with van der Waals surface area (Å²) in [5.41, 5.74) is -0.155. The zero-order chi connectivity index (χ0) is 17.0. The van der Waals surface area contributed by atoms with E-state index in [1.165, 1.54) is 4.90 Å². The van der Waals surface area contributed by atoms with Gasteiger partial charge in [-0.1, -0.05) is 36.4 Å². The van der Waals surface area contributed by atoms with Crippen LogP contribution in [0.2, 0.25) is 0 Å². The van der Waals surface area contributed by atoms with Gasteiger partial charge < -0.3 is 14.7 Å². The monoisotopic (exact) mass is 317 g/mol. The third kappa shape index (κ3) is 3.29. The van der Waals surface area contributed by atoms with Gasteiger partial charge in [-0.05, 0) is 5.56 Å². The number of ether oxygens (including phenoxy) is 1. The molecule has 124 valence electrons. The third-order valence-electron chi connectivity index (χ3n) is 4.79. The molecular formula is C18H23NO4. The molecule has 0 aromatic heterocycles. The molecule has 1 atom stereocenters. The van der Waals surface area contributed by atoms with Gasteiger partial charge >= 0.3 is 5.97 Å². The van der Waals surface area contributed by atoms with Crippen LogP contribution in [0.5, 0.6) is 0 Å². The van der Waals surface area contributed by atoms with Crippen LogP contribution in [0.15, 0.2) is 43.0 Å². The maximum absolute atomic E-state index is 12.6. The number of benzene rings is 1. The molecule has 5 heteroatoms. The van der Waals surface area contributed by atoms with Crippen LogP contribution in [-0.4, -0.2) is 47.7 Å². The minimum atomic E-state index is -1.15. The molecule has 1 aliphatic rings. The van der Waals surface area contributed by atoms with Crippen molar-refractivity contribution in [3.8, 4) is 0 Å². The van der Waals surface area contributed by atoms with E-state index in [4.69, 9.17) is 4.74 Å². The van der Waals surface area contributed by atoms with Crippen LogP contribution in [0.4, 0.5) is 0 Å². The Morgan fingerprint density at radius 2 is 2.04 bits per heavy atom. The van der Waals surface area contributed by atoms with Gasteiger partial charge in [0.15, 0.2) is 0 Å². The van der Waals surface area contributed by atoms with Crippen LogP contribution in [0.3, 0.4) is 0 Å². The molecule has 1 amide bonds. The number of carboxylic acid groups (broad SMARTS) is 1. The lowest BCUT2D eigenvalue weighted by Gasteiger charge is -2.49. The van der Waals surface area contributed by atoms with Crippen molar-refractivity contribution in [1.82, 2.24) is 4.90 Å². The normalized spacial score (nSPS) is 24.3. The Bertz CT molecular complexity index is 578. The van der Waals surface area contributed by atoms with E-state index in [1.54, 1.807) is 20.2 Å². The largest absolute Gasteiger partial charge is 0.479 e. The summed E-state index contributed by atoms with van der Waals surface area (Å²) in [7, 11) is 3.12. The summed E-state index contributed by atoms with van der Waals surface area (Å²) in [4.78, 5) is 25.6. The van der Waals surface area contributed by atoms with Crippen molar-refractivity contribution >= 4 is 11.9 Å². The summed E-state index contributed by atoms with van der Waals surface area (Å²) in [6, 6.07) is 9.62. The average molecular weight is 317 g/mol. The molecule has 1 aromatic rings. The minimum Gasteiger partial charge on any atom is -0.479 e. The van der Waals surface area contributed by atoms with Crippen molar-refractivity contribution in [2.75, 3.05) is 14.2 Å². The number of carbonyl (C=O) groups excluding carboxylic acids is 1. The summed E-state index contributed by atoms with van der Waals surface area (Å²) >= 11 is 0. The number of hydrogen-bond donors (Lipinski definition) is 1. The van der Waals surface area contributed by atoms with E-state index in [2.05, 4.69) is 6.58 Å². The van der Waals surface area contributed by atoms with E-state index in [-0.39, 0.29) is 24.3 Å². The number of amides is 1. The van der Waals surface area contributed by atoms with Gasteiger partial charge in [0.2, 0.25) is 5.91 Å². The van der Waals surface area contributed by atoms with Gasteiger partial charge in [0.25, 0.3) is 0 Å². The average Bonchev–Trinajstić information content (AvgIpc) is 2.52. The first-order valence-electron chi connectivity index (χ1n) is 7.65. The first-order valence-corrected chi connectivity index (χ1v) is 7.65. The molecule has 1 aliphatic carbocycles. The van der Waals surface area contributed by atoms with Crippen LogP contribution in [0.25, 0.3) is 0 Å². The fourth-order valence-electron chi connectivity index (χ4n) is 3.05. The number of allylic oxidation sites excluding steroid dienone is 1. The molecule has 2 rings (SSSR count). The molecule has 0 aliphatic heterocycles. The Kier molecular flexibility index (Phi) is 5.21. The molecule has 23 heavy (non-hydrogen) atoms. The molecule has 1 aromatic carbocycles. The predicted octanol–water partition coefficient (Wildman–Crippen LogP) is 2.44. The van der Waals surface area contributed by atoms with Gasteiger partial charge in [-0.15, -0.1) is 6.58 Å². The molecule has 0 spiro atoms. The maximum Gasteiger partial charge on any atom is 0.329 e. The molecule has 0 bridgehead atoms. The Labute approximate surface area is 136 Å². The molecule has 0 heterocycles. The van der Waals surface area contributed by atoms with Crippen LogP contribution in [-0.2, 0) is 14.3 Å². The van der Waals surface area contributed by atoms with Crippen LogP contribution >= 0.6 is 0 Å². The summed E-state index contributed by atoms with van der Waals surface area (Å²) < 4.78 is 5.18. The lowest BCUT2D eigenvalue weighted by atomic mass is 9.72. The fraction of sp³-hybridized carbons (Fsp3) is 0.444. The molecular weight excluding hydrogens is 294 g/mol. The molecule has 5 nitrogen and oxygen atoms in total. The maximum atomic E-state index is 12.6. The molecule has 1 unspecified atom stereocenters. The number of rotatable bonds is 7. The van der Waals surface area contributed by atoms with E-state index in [0.29, 0.717) is 12.8 Å². The molecule has 0 radical (unpaired) electrons. The number of carbonyl (C=O) groups is 2. The van der Waals surface area contributed by atoms with Gasteiger partial charge in [0.1, 0.15) is 5.54 Å². The lowest BCUT2D eigenvalue weighted by Crippen LogP contribution is -2.65. The summed E-state index contributed by atoms with van der Waals surface area (Å²) in [6.07, 6.45) is 2.48. The first-order chi connectivity index (χ1) is 10.9. The predicted molar refractivity (Wildman–Crippen MR) is 87.2 cm³/mol. The molecule has 0 saturated heterocycles. The van der Waals surface area contributed by atoms with Gasteiger partial charge in [-0.3, -0.25) is 4.79 Å². The van der Waals surface area contributed by atoms with Gasteiger partial charge in [-0.2, -0.15) is 0 Å². The van der Waals surface area contributed by atoms with Crippen molar-refractivity contribution in [3.05, 3.63) is 48.6 Å². The Morgan fingerprint density at radius 3 is 2.52 bits per heavy atom. The van der Waals surface area contributed by atoms with E-state index in [0.717, 1.165) is 5.56 Å². The topological polar surface area (TPSA) is 66.8 Å².